The summed E-state index contributed by atoms with van der Waals surface area (Å²) in [5, 5.41) is 3.88. The molecule has 7 heteroatoms. The lowest BCUT2D eigenvalue weighted by molar-refractivity contribution is -0.137. The molecular formula is C16H16F3N3O. The Morgan fingerprint density at radius 2 is 2.09 bits per heavy atom. The van der Waals surface area contributed by atoms with Crippen molar-refractivity contribution in [1.29, 1.82) is 0 Å². The number of rotatable bonds is 3. The molecule has 122 valence electrons. The maximum Gasteiger partial charge on any atom is 0.416 e. The first-order valence-corrected chi connectivity index (χ1v) is 7.27. The third-order valence-corrected chi connectivity index (χ3v) is 4.12. The fourth-order valence-corrected chi connectivity index (χ4v) is 2.49. The van der Waals surface area contributed by atoms with E-state index in [0.717, 1.165) is 31.4 Å². The van der Waals surface area contributed by atoms with Crippen LogP contribution in [0.25, 0.3) is 11.6 Å². The summed E-state index contributed by atoms with van der Waals surface area (Å²) in [5.41, 5.74) is 5.95. The van der Waals surface area contributed by atoms with Crippen molar-refractivity contribution < 1.29 is 17.7 Å². The number of allylic oxidation sites excluding steroid dienone is 1. The summed E-state index contributed by atoms with van der Waals surface area (Å²) in [6, 6.07) is 5.11. The number of nitrogens with two attached hydrogens (primary N) is 1. The number of hydrogen-bond donors (Lipinski definition) is 1. The van der Waals surface area contributed by atoms with E-state index >= 15 is 0 Å². The molecule has 3 rings (SSSR count). The minimum atomic E-state index is -4.37. The lowest BCUT2D eigenvalue weighted by atomic mass is 9.77. The minimum absolute atomic E-state index is 0.242. The molecule has 0 spiro atoms. The summed E-state index contributed by atoms with van der Waals surface area (Å²) in [4.78, 5) is 4.24. The fourth-order valence-electron chi connectivity index (χ4n) is 2.49. The van der Waals surface area contributed by atoms with Crippen molar-refractivity contribution in [2.75, 3.05) is 0 Å². The van der Waals surface area contributed by atoms with Crippen molar-refractivity contribution >= 4 is 11.6 Å². The second kappa shape index (κ2) is 5.49. The van der Waals surface area contributed by atoms with E-state index in [0.29, 0.717) is 17.0 Å². The molecule has 1 aliphatic carbocycles. The van der Waals surface area contributed by atoms with Crippen LogP contribution < -0.4 is 5.73 Å². The van der Waals surface area contributed by atoms with Crippen molar-refractivity contribution in [3.8, 4) is 0 Å². The molecule has 1 aromatic heterocycles. The van der Waals surface area contributed by atoms with Gasteiger partial charge in [0.05, 0.1) is 11.1 Å². The summed E-state index contributed by atoms with van der Waals surface area (Å²) < 4.78 is 43.4. The van der Waals surface area contributed by atoms with Gasteiger partial charge in [-0.2, -0.15) is 18.2 Å². The number of hydrogen-bond acceptors (Lipinski definition) is 4. The summed E-state index contributed by atoms with van der Waals surface area (Å²) in [5.74, 6) is 0.693. The third-order valence-electron chi connectivity index (χ3n) is 4.12. The zero-order valence-corrected chi connectivity index (χ0v) is 12.5. The van der Waals surface area contributed by atoms with Crippen molar-refractivity contribution in [3.05, 3.63) is 47.1 Å². The van der Waals surface area contributed by atoms with E-state index < -0.39 is 17.3 Å². The normalized spacial score (nSPS) is 17.9. The molecule has 0 atom stereocenters. The van der Waals surface area contributed by atoms with Crippen LogP contribution in [0.15, 0.2) is 28.8 Å². The minimum Gasteiger partial charge on any atom is -0.335 e. The fraction of sp³-hybridized carbons (Fsp3) is 0.375. The molecule has 1 aromatic carbocycles. The average molecular weight is 323 g/mol. The first kappa shape index (κ1) is 15.7. The van der Waals surface area contributed by atoms with Crippen LogP contribution >= 0.6 is 0 Å². The monoisotopic (exact) mass is 323 g/mol. The van der Waals surface area contributed by atoms with Gasteiger partial charge >= 0.3 is 6.18 Å². The molecule has 4 nitrogen and oxygen atoms in total. The number of nitrogens with zero attached hydrogens (tertiary/aromatic N) is 2. The third kappa shape index (κ3) is 3.14. The smallest absolute Gasteiger partial charge is 0.335 e. The van der Waals surface area contributed by atoms with Gasteiger partial charge in [0.1, 0.15) is 0 Å². The molecule has 2 aromatic rings. The zero-order valence-electron chi connectivity index (χ0n) is 12.5. The molecule has 0 unspecified atom stereocenters. The second-order valence-corrected chi connectivity index (χ2v) is 5.87. The summed E-state index contributed by atoms with van der Waals surface area (Å²) in [6.07, 6.45) is -0.164. The van der Waals surface area contributed by atoms with Crippen LogP contribution in [-0.2, 0) is 11.7 Å². The van der Waals surface area contributed by atoms with E-state index in [-0.39, 0.29) is 5.89 Å². The highest BCUT2D eigenvalue weighted by Gasteiger charge is 2.38. The van der Waals surface area contributed by atoms with E-state index in [4.69, 9.17) is 10.3 Å². The first-order chi connectivity index (χ1) is 10.8. The number of aromatic nitrogens is 2. The summed E-state index contributed by atoms with van der Waals surface area (Å²) in [7, 11) is 0. The highest BCUT2D eigenvalue weighted by atomic mass is 19.4. The molecule has 2 N–H and O–H groups in total. The molecular weight excluding hydrogens is 307 g/mol. The molecule has 1 fully saturated rings. The topological polar surface area (TPSA) is 64.9 Å². The highest BCUT2D eigenvalue weighted by Crippen LogP contribution is 2.37. The first-order valence-electron chi connectivity index (χ1n) is 7.27. The Hall–Kier alpha value is -2.15. The van der Waals surface area contributed by atoms with Gasteiger partial charge in [-0.05, 0) is 49.5 Å². The molecule has 1 aliphatic rings. The van der Waals surface area contributed by atoms with Crippen molar-refractivity contribution in [2.45, 2.75) is 37.9 Å². The van der Waals surface area contributed by atoms with Gasteiger partial charge in [-0.3, -0.25) is 0 Å². The molecule has 0 amide bonds. The van der Waals surface area contributed by atoms with Crippen LogP contribution in [0.1, 0.15) is 49.0 Å². The van der Waals surface area contributed by atoms with Gasteiger partial charge in [0, 0.05) is 6.08 Å². The van der Waals surface area contributed by atoms with E-state index in [2.05, 4.69) is 10.1 Å². The van der Waals surface area contributed by atoms with Crippen LogP contribution in [-0.4, -0.2) is 10.1 Å². The van der Waals surface area contributed by atoms with Gasteiger partial charge in [-0.1, -0.05) is 17.3 Å². The van der Waals surface area contributed by atoms with Crippen molar-refractivity contribution in [1.82, 2.24) is 10.1 Å². The Kier molecular flexibility index (Phi) is 3.75. The molecule has 0 radical (unpaired) electrons. The maximum absolute atomic E-state index is 12.8. The van der Waals surface area contributed by atoms with E-state index in [1.165, 1.54) is 6.07 Å². The number of halogens is 3. The Bertz CT molecular complexity index is 745. The highest BCUT2D eigenvalue weighted by molar-refractivity contribution is 5.78. The van der Waals surface area contributed by atoms with Gasteiger partial charge in [-0.15, -0.1) is 0 Å². The number of benzene rings is 1. The van der Waals surface area contributed by atoms with Crippen LogP contribution in [0.2, 0.25) is 0 Å². The van der Waals surface area contributed by atoms with Gasteiger partial charge < -0.3 is 10.3 Å². The lowest BCUT2D eigenvalue weighted by Gasteiger charge is -2.34. The van der Waals surface area contributed by atoms with Crippen LogP contribution in [0, 0.1) is 0 Å². The average Bonchev–Trinajstić information content (AvgIpc) is 2.93. The Labute approximate surface area is 131 Å². The maximum atomic E-state index is 12.8. The summed E-state index contributed by atoms with van der Waals surface area (Å²) in [6.45, 7) is 1.70. The predicted octanol–water partition coefficient (Wildman–Crippen LogP) is 3.99. The lowest BCUT2D eigenvalue weighted by Crippen LogP contribution is -2.44. The Balaban J connectivity index is 1.85. The molecule has 23 heavy (non-hydrogen) atoms. The van der Waals surface area contributed by atoms with Gasteiger partial charge in [0.15, 0.2) is 5.82 Å². The molecule has 1 saturated carbocycles. The summed E-state index contributed by atoms with van der Waals surface area (Å²) >= 11 is 0. The molecule has 0 aliphatic heterocycles. The van der Waals surface area contributed by atoms with Crippen molar-refractivity contribution in [2.24, 2.45) is 5.73 Å². The molecule has 1 heterocycles. The van der Waals surface area contributed by atoms with Crippen LogP contribution in [0.3, 0.4) is 0 Å². The second-order valence-electron chi connectivity index (χ2n) is 5.87. The van der Waals surface area contributed by atoms with E-state index in [1.807, 2.05) is 0 Å². The van der Waals surface area contributed by atoms with Crippen LogP contribution in [0.4, 0.5) is 13.2 Å². The Morgan fingerprint density at radius 1 is 1.35 bits per heavy atom. The van der Waals surface area contributed by atoms with Gasteiger partial charge in [-0.25, -0.2) is 0 Å². The van der Waals surface area contributed by atoms with E-state index in [1.54, 1.807) is 19.1 Å². The quantitative estimate of drug-likeness (QED) is 0.927. The van der Waals surface area contributed by atoms with Gasteiger partial charge in [0.2, 0.25) is 0 Å². The standard InChI is InChI=1S/C16H16F3N3O/c1-10(11-4-2-5-12(9-11)16(17,18)19)8-13-21-14(22-23-13)15(20)6-3-7-15/h2,4-5,8-9H,3,6-7,20H2,1H3/b10-8-. The number of alkyl halides is 3. The Morgan fingerprint density at radius 3 is 2.70 bits per heavy atom. The van der Waals surface area contributed by atoms with Gasteiger partial charge in [0.25, 0.3) is 5.89 Å². The zero-order chi connectivity index (χ0) is 16.7. The SMILES string of the molecule is C/C(=C/c1nc(C2(N)CCC2)no1)c1cccc(C(F)(F)F)c1. The van der Waals surface area contributed by atoms with Crippen LogP contribution in [0.5, 0.6) is 0 Å². The predicted molar refractivity (Wildman–Crippen MR) is 79.0 cm³/mol. The van der Waals surface area contributed by atoms with E-state index in [9.17, 15) is 13.2 Å². The largest absolute Gasteiger partial charge is 0.416 e. The molecule has 0 bridgehead atoms. The van der Waals surface area contributed by atoms with Crippen molar-refractivity contribution in [3.63, 3.8) is 0 Å². The molecule has 0 saturated heterocycles.